The number of nitrogens with one attached hydrogen (secondary N) is 1. The molecule has 0 unspecified atom stereocenters. The van der Waals surface area contributed by atoms with Crippen LogP contribution in [0.25, 0.3) is 16.2 Å². The van der Waals surface area contributed by atoms with Gasteiger partial charge in [0.05, 0.1) is 30.6 Å². The summed E-state index contributed by atoms with van der Waals surface area (Å²) in [5, 5.41) is 4.88. The van der Waals surface area contributed by atoms with E-state index in [1.807, 2.05) is 36.6 Å². The minimum absolute atomic E-state index is 0.0970. The second kappa shape index (κ2) is 8.41. The number of ether oxygens (including phenoxy) is 2. The first-order valence-electron chi connectivity index (χ1n) is 9.22. The number of hydrogen-bond donors (Lipinski definition) is 1. The highest BCUT2D eigenvalue weighted by molar-refractivity contribution is 7.15. The van der Waals surface area contributed by atoms with Crippen LogP contribution >= 0.6 is 22.9 Å². The molecule has 2 aromatic heterocycles. The van der Waals surface area contributed by atoms with E-state index in [-0.39, 0.29) is 5.56 Å². The van der Waals surface area contributed by atoms with E-state index in [4.69, 9.17) is 21.1 Å². The molecule has 0 saturated carbocycles. The molecule has 0 aliphatic heterocycles. The van der Waals surface area contributed by atoms with Crippen molar-refractivity contribution >= 4 is 39.5 Å². The van der Waals surface area contributed by atoms with Crippen molar-refractivity contribution in [3.8, 4) is 22.8 Å². The van der Waals surface area contributed by atoms with Crippen molar-refractivity contribution < 1.29 is 14.3 Å². The summed E-state index contributed by atoms with van der Waals surface area (Å²) in [6.45, 7) is 1.99. The number of methoxy groups -OCH3 is 2. The zero-order valence-corrected chi connectivity index (χ0v) is 18.5. The van der Waals surface area contributed by atoms with Crippen LogP contribution in [0, 0.1) is 6.92 Å². The van der Waals surface area contributed by atoms with Crippen molar-refractivity contribution in [3.05, 3.63) is 74.5 Å². The van der Waals surface area contributed by atoms with E-state index in [0.717, 1.165) is 11.1 Å². The third-order valence-electron chi connectivity index (χ3n) is 4.76. The topological polar surface area (TPSA) is 81.9 Å². The molecule has 0 saturated heterocycles. The molecule has 1 amide bonds. The van der Waals surface area contributed by atoms with Crippen LogP contribution in [0.15, 0.2) is 52.8 Å². The van der Waals surface area contributed by atoms with Gasteiger partial charge in [-0.25, -0.2) is 4.98 Å². The third kappa shape index (κ3) is 3.87. The molecule has 9 heteroatoms. The minimum atomic E-state index is -0.615. The number of carbonyl (C=O) groups excluding carboxylic acids is 1. The molecule has 31 heavy (non-hydrogen) atoms. The number of aromatic nitrogens is 2. The number of halogens is 1. The average molecular weight is 456 g/mol. The largest absolute Gasteiger partial charge is 0.495 e. The van der Waals surface area contributed by atoms with Crippen LogP contribution in [-0.2, 0) is 0 Å². The van der Waals surface area contributed by atoms with E-state index >= 15 is 0 Å². The first kappa shape index (κ1) is 20.9. The lowest BCUT2D eigenvalue weighted by Gasteiger charge is -2.13. The van der Waals surface area contributed by atoms with Crippen molar-refractivity contribution in [3.63, 3.8) is 0 Å². The van der Waals surface area contributed by atoms with Gasteiger partial charge in [-0.15, -0.1) is 11.3 Å². The summed E-state index contributed by atoms with van der Waals surface area (Å²) in [6, 6.07) is 10.9. The predicted octanol–water partition coefficient (Wildman–Crippen LogP) is 4.65. The van der Waals surface area contributed by atoms with E-state index in [2.05, 4.69) is 10.3 Å². The van der Waals surface area contributed by atoms with Crippen molar-refractivity contribution in [1.29, 1.82) is 0 Å². The third-order valence-corrected chi connectivity index (χ3v) is 5.90. The maximum absolute atomic E-state index is 13.2. The van der Waals surface area contributed by atoms with Crippen LogP contribution in [0.4, 0.5) is 5.69 Å². The van der Waals surface area contributed by atoms with Gasteiger partial charge in [0.15, 0.2) is 4.96 Å². The Morgan fingerprint density at radius 2 is 1.84 bits per heavy atom. The van der Waals surface area contributed by atoms with Gasteiger partial charge >= 0.3 is 0 Å². The van der Waals surface area contributed by atoms with E-state index in [9.17, 15) is 9.59 Å². The number of benzene rings is 2. The smallest absolute Gasteiger partial charge is 0.271 e. The number of aryl methyl sites for hydroxylation is 1. The second-order valence-corrected chi connectivity index (χ2v) is 7.97. The Morgan fingerprint density at radius 3 is 2.52 bits per heavy atom. The Balaban J connectivity index is 1.76. The van der Waals surface area contributed by atoms with E-state index in [1.165, 1.54) is 48.3 Å². The Morgan fingerprint density at radius 1 is 1.13 bits per heavy atom. The maximum atomic E-state index is 13.2. The quantitative estimate of drug-likeness (QED) is 0.473. The van der Waals surface area contributed by atoms with Gasteiger partial charge < -0.3 is 14.8 Å². The molecule has 0 atom stereocenters. The summed E-state index contributed by atoms with van der Waals surface area (Å²) in [7, 11) is 2.92. The lowest BCUT2D eigenvalue weighted by molar-refractivity contribution is 0.102. The highest BCUT2D eigenvalue weighted by atomic mass is 35.5. The number of thiazole rings is 1. The first-order chi connectivity index (χ1) is 14.9. The fourth-order valence-electron chi connectivity index (χ4n) is 3.12. The predicted molar refractivity (Wildman–Crippen MR) is 122 cm³/mol. The van der Waals surface area contributed by atoms with Crippen LogP contribution in [0.5, 0.6) is 11.5 Å². The Bertz CT molecular complexity index is 1350. The molecular weight excluding hydrogens is 438 g/mol. The monoisotopic (exact) mass is 455 g/mol. The van der Waals surface area contributed by atoms with Crippen molar-refractivity contribution in [2.45, 2.75) is 6.92 Å². The molecular formula is C22H18ClN3O4S. The molecule has 0 aliphatic rings. The molecule has 0 bridgehead atoms. The van der Waals surface area contributed by atoms with Gasteiger partial charge in [0.25, 0.3) is 11.5 Å². The molecule has 7 nitrogen and oxygen atoms in total. The minimum Gasteiger partial charge on any atom is -0.495 e. The van der Waals surface area contributed by atoms with Gasteiger partial charge in [-0.2, -0.15) is 0 Å². The number of anilines is 1. The van der Waals surface area contributed by atoms with E-state index < -0.39 is 11.5 Å². The summed E-state index contributed by atoms with van der Waals surface area (Å²) in [5.74, 6) is 0.0855. The SMILES string of the molecule is COc1cc(NC(=O)c2cnc3scc(-c4ccc(C)cc4)n3c2=O)c(OC)cc1Cl. The van der Waals surface area contributed by atoms with Gasteiger partial charge in [0.1, 0.15) is 17.1 Å². The van der Waals surface area contributed by atoms with E-state index in [0.29, 0.717) is 32.9 Å². The van der Waals surface area contributed by atoms with Gasteiger partial charge in [-0.05, 0) is 12.5 Å². The van der Waals surface area contributed by atoms with Crippen LogP contribution in [0.3, 0.4) is 0 Å². The number of fused-ring (bicyclic) bond motifs is 1. The van der Waals surface area contributed by atoms with Crippen molar-refractivity contribution in [1.82, 2.24) is 9.38 Å². The fraction of sp³-hybridized carbons (Fsp3) is 0.136. The molecule has 158 valence electrons. The molecule has 0 radical (unpaired) electrons. The fourth-order valence-corrected chi connectivity index (χ4v) is 4.21. The summed E-state index contributed by atoms with van der Waals surface area (Å²) in [4.78, 5) is 31.0. The molecule has 2 heterocycles. The van der Waals surface area contributed by atoms with Gasteiger partial charge in [-0.3, -0.25) is 14.0 Å². The zero-order valence-electron chi connectivity index (χ0n) is 16.9. The average Bonchev–Trinajstić information content (AvgIpc) is 3.20. The Hall–Kier alpha value is -3.36. The summed E-state index contributed by atoms with van der Waals surface area (Å²) in [6.07, 6.45) is 1.28. The molecule has 1 N–H and O–H groups in total. The van der Waals surface area contributed by atoms with Gasteiger partial charge in [0, 0.05) is 23.7 Å². The van der Waals surface area contributed by atoms with Gasteiger partial charge in [-0.1, -0.05) is 41.4 Å². The Kier molecular flexibility index (Phi) is 5.67. The second-order valence-electron chi connectivity index (χ2n) is 6.72. The van der Waals surface area contributed by atoms with Crippen LogP contribution in [-0.4, -0.2) is 29.5 Å². The molecule has 0 spiro atoms. The summed E-state index contributed by atoms with van der Waals surface area (Å²) < 4.78 is 11.9. The standard InChI is InChI=1S/C22H18ClN3O4S/c1-12-4-6-13(7-5-12)17-11-31-22-24-10-14(21(28)26(17)22)20(27)25-16-9-18(29-2)15(23)8-19(16)30-3/h4-11H,1-3H3,(H,25,27). The number of carbonyl (C=O) groups is 1. The molecule has 4 rings (SSSR count). The number of nitrogens with zero attached hydrogens (tertiary/aromatic N) is 2. The summed E-state index contributed by atoms with van der Waals surface area (Å²) in [5.41, 5.74) is 2.42. The molecule has 2 aromatic carbocycles. The Labute approximate surface area is 186 Å². The maximum Gasteiger partial charge on any atom is 0.271 e. The van der Waals surface area contributed by atoms with Crippen LogP contribution in [0.1, 0.15) is 15.9 Å². The highest BCUT2D eigenvalue weighted by Gasteiger charge is 2.19. The lowest BCUT2D eigenvalue weighted by Crippen LogP contribution is -2.26. The van der Waals surface area contributed by atoms with E-state index in [1.54, 1.807) is 0 Å². The molecule has 0 aliphatic carbocycles. The van der Waals surface area contributed by atoms with Crippen LogP contribution < -0.4 is 20.3 Å². The zero-order chi connectivity index (χ0) is 22.1. The summed E-state index contributed by atoms with van der Waals surface area (Å²) >= 11 is 7.45. The number of hydrogen-bond acceptors (Lipinski definition) is 6. The van der Waals surface area contributed by atoms with Crippen molar-refractivity contribution in [2.24, 2.45) is 0 Å². The lowest BCUT2D eigenvalue weighted by atomic mass is 10.1. The number of rotatable bonds is 5. The normalized spacial score (nSPS) is 10.8. The van der Waals surface area contributed by atoms with Gasteiger partial charge in [0.2, 0.25) is 0 Å². The molecule has 0 fully saturated rings. The first-order valence-corrected chi connectivity index (χ1v) is 10.5. The van der Waals surface area contributed by atoms with Crippen LogP contribution in [0.2, 0.25) is 5.02 Å². The highest BCUT2D eigenvalue weighted by Crippen LogP contribution is 2.36. The van der Waals surface area contributed by atoms with Crippen molar-refractivity contribution in [2.75, 3.05) is 19.5 Å². The molecule has 4 aromatic rings. The number of amides is 1.